The van der Waals surface area contributed by atoms with E-state index in [2.05, 4.69) is 43.1 Å². The zero-order valence-electron chi connectivity index (χ0n) is 18.0. The lowest BCUT2D eigenvalue weighted by atomic mass is 10.1. The summed E-state index contributed by atoms with van der Waals surface area (Å²) in [5.74, 6) is 0.871. The third-order valence-corrected chi connectivity index (χ3v) is 4.89. The molecule has 154 valence electrons. The third-order valence-electron chi connectivity index (χ3n) is 4.89. The summed E-state index contributed by atoms with van der Waals surface area (Å²) in [4.78, 5) is 4.65. The first-order chi connectivity index (χ1) is 13.7. The van der Waals surface area contributed by atoms with Crippen LogP contribution in [0.25, 0.3) is 11.3 Å². The molecule has 0 aliphatic rings. The molecule has 0 saturated carbocycles. The molecule has 0 aliphatic carbocycles. The molecule has 3 nitrogen and oxygen atoms in total. The maximum absolute atomic E-state index is 5.81. The zero-order chi connectivity index (χ0) is 20.0. The van der Waals surface area contributed by atoms with E-state index in [9.17, 15) is 0 Å². The van der Waals surface area contributed by atoms with Gasteiger partial charge < -0.3 is 9.47 Å². The standard InChI is InChI=1S/C25H37NO2/c1-4-6-7-8-9-10-11-22-12-17-25(26-19-22)23-13-15-24(16-14-23)28-20-21(3)27-18-5-2/h12-17,19,21H,4-11,18,20H2,1-3H3. The molecule has 1 unspecified atom stereocenters. The van der Waals surface area contributed by atoms with Crippen LogP contribution in [0.15, 0.2) is 42.6 Å². The van der Waals surface area contributed by atoms with Gasteiger partial charge in [0.15, 0.2) is 0 Å². The van der Waals surface area contributed by atoms with Crippen LogP contribution < -0.4 is 4.74 Å². The van der Waals surface area contributed by atoms with Crippen LogP contribution in [-0.2, 0) is 11.2 Å². The average molecular weight is 384 g/mol. The van der Waals surface area contributed by atoms with Crippen molar-refractivity contribution in [2.45, 2.75) is 78.2 Å². The van der Waals surface area contributed by atoms with E-state index in [0.29, 0.717) is 6.61 Å². The molecular formula is C25H37NO2. The van der Waals surface area contributed by atoms with Crippen molar-refractivity contribution in [3.63, 3.8) is 0 Å². The van der Waals surface area contributed by atoms with Crippen molar-refractivity contribution in [2.75, 3.05) is 13.2 Å². The number of pyridine rings is 1. The van der Waals surface area contributed by atoms with E-state index in [0.717, 1.165) is 36.5 Å². The van der Waals surface area contributed by atoms with E-state index >= 15 is 0 Å². The molecule has 1 aromatic carbocycles. The van der Waals surface area contributed by atoms with Crippen molar-refractivity contribution in [2.24, 2.45) is 0 Å². The van der Waals surface area contributed by atoms with E-state index in [4.69, 9.17) is 9.47 Å². The molecular weight excluding hydrogens is 346 g/mol. The van der Waals surface area contributed by atoms with E-state index < -0.39 is 0 Å². The first-order valence-corrected chi connectivity index (χ1v) is 11.0. The highest BCUT2D eigenvalue weighted by atomic mass is 16.5. The molecule has 0 spiro atoms. The van der Waals surface area contributed by atoms with Gasteiger partial charge in [-0.05, 0) is 62.1 Å². The van der Waals surface area contributed by atoms with Crippen molar-refractivity contribution < 1.29 is 9.47 Å². The number of hydrogen-bond acceptors (Lipinski definition) is 3. The molecule has 0 bridgehead atoms. The highest BCUT2D eigenvalue weighted by molar-refractivity contribution is 5.60. The van der Waals surface area contributed by atoms with E-state index in [1.807, 2.05) is 25.3 Å². The summed E-state index contributed by atoms with van der Waals surface area (Å²) in [6, 6.07) is 12.5. The topological polar surface area (TPSA) is 31.4 Å². The SMILES string of the molecule is CCCCCCCCc1ccc(-c2ccc(OCC(C)OCCC)cc2)nc1. The molecule has 0 radical (unpaired) electrons. The van der Waals surface area contributed by atoms with Crippen LogP contribution in [0.2, 0.25) is 0 Å². The van der Waals surface area contributed by atoms with E-state index in [-0.39, 0.29) is 6.10 Å². The zero-order valence-corrected chi connectivity index (χ0v) is 18.0. The third kappa shape index (κ3) is 8.43. The molecule has 0 fully saturated rings. The van der Waals surface area contributed by atoms with Gasteiger partial charge in [0.05, 0.1) is 11.8 Å². The highest BCUT2D eigenvalue weighted by Gasteiger charge is 2.04. The highest BCUT2D eigenvalue weighted by Crippen LogP contribution is 2.21. The number of ether oxygens (including phenoxy) is 2. The van der Waals surface area contributed by atoms with Gasteiger partial charge in [0.2, 0.25) is 0 Å². The Labute approximate surface area is 171 Å². The maximum atomic E-state index is 5.81. The van der Waals surface area contributed by atoms with Gasteiger partial charge >= 0.3 is 0 Å². The Bertz CT molecular complexity index is 637. The van der Waals surface area contributed by atoms with Crippen LogP contribution >= 0.6 is 0 Å². The van der Waals surface area contributed by atoms with Gasteiger partial charge in [0, 0.05) is 18.4 Å². The van der Waals surface area contributed by atoms with E-state index in [1.165, 1.54) is 44.1 Å². The second kappa shape index (κ2) is 13.3. The minimum Gasteiger partial charge on any atom is -0.491 e. The smallest absolute Gasteiger partial charge is 0.119 e. The fourth-order valence-corrected chi connectivity index (χ4v) is 3.16. The summed E-state index contributed by atoms with van der Waals surface area (Å²) in [5, 5.41) is 0. The molecule has 0 amide bonds. The largest absolute Gasteiger partial charge is 0.491 e. The molecule has 3 heteroatoms. The molecule has 1 atom stereocenters. The van der Waals surface area contributed by atoms with Gasteiger partial charge in [-0.3, -0.25) is 4.98 Å². The summed E-state index contributed by atoms with van der Waals surface area (Å²) in [7, 11) is 0. The number of benzene rings is 1. The lowest BCUT2D eigenvalue weighted by Gasteiger charge is -2.14. The minimum atomic E-state index is 0.112. The van der Waals surface area contributed by atoms with Crippen LogP contribution in [0.1, 0.15) is 71.3 Å². The molecule has 1 heterocycles. The lowest BCUT2D eigenvalue weighted by Crippen LogP contribution is -2.18. The second-order valence-electron chi connectivity index (χ2n) is 7.59. The Hall–Kier alpha value is -1.87. The maximum Gasteiger partial charge on any atom is 0.119 e. The molecule has 2 rings (SSSR count). The van der Waals surface area contributed by atoms with Gasteiger partial charge in [-0.2, -0.15) is 0 Å². The molecule has 2 aromatic rings. The second-order valence-corrected chi connectivity index (χ2v) is 7.59. The first kappa shape index (κ1) is 22.4. The van der Waals surface area contributed by atoms with Crippen LogP contribution in [0.3, 0.4) is 0 Å². The molecule has 0 aliphatic heterocycles. The van der Waals surface area contributed by atoms with Crippen molar-refractivity contribution in [1.29, 1.82) is 0 Å². The number of rotatable bonds is 14. The van der Waals surface area contributed by atoms with Gasteiger partial charge in [0.25, 0.3) is 0 Å². The molecule has 0 saturated heterocycles. The Morgan fingerprint density at radius 1 is 0.857 bits per heavy atom. The number of nitrogens with zero attached hydrogens (tertiary/aromatic N) is 1. The van der Waals surface area contributed by atoms with Gasteiger partial charge in [-0.1, -0.05) is 52.0 Å². The van der Waals surface area contributed by atoms with Crippen LogP contribution in [0.5, 0.6) is 5.75 Å². The van der Waals surface area contributed by atoms with Gasteiger partial charge in [-0.15, -0.1) is 0 Å². The number of unbranched alkanes of at least 4 members (excludes halogenated alkanes) is 5. The summed E-state index contributed by atoms with van der Waals surface area (Å²) >= 11 is 0. The van der Waals surface area contributed by atoms with Crippen molar-refractivity contribution in [3.8, 4) is 17.0 Å². The van der Waals surface area contributed by atoms with Crippen molar-refractivity contribution in [1.82, 2.24) is 4.98 Å². The molecule has 1 aromatic heterocycles. The summed E-state index contributed by atoms with van der Waals surface area (Å²) < 4.78 is 11.4. The Balaban J connectivity index is 1.77. The van der Waals surface area contributed by atoms with Crippen molar-refractivity contribution in [3.05, 3.63) is 48.2 Å². The number of aromatic nitrogens is 1. The number of hydrogen-bond donors (Lipinski definition) is 0. The fraction of sp³-hybridized carbons (Fsp3) is 0.560. The average Bonchev–Trinajstić information content (AvgIpc) is 2.74. The summed E-state index contributed by atoms with van der Waals surface area (Å²) in [6.07, 6.45) is 12.3. The number of aryl methyl sites for hydroxylation is 1. The lowest BCUT2D eigenvalue weighted by molar-refractivity contribution is 0.0327. The van der Waals surface area contributed by atoms with Gasteiger partial charge in [0.1, 0.15) is 12.4 Å². The summed E-state index contributed by atoms with van der Waals surface area (Å²) in [5.41, 5.74) is 3.46. The Kier molecular flexibility index (Phi) is 10.7. The Morgan fingerprint density at radius 2 is 1.61 bits per heavy atom. The van der Waals surface area contributed by atoms with Crippen LogP contribution in [0, 0.1) is 0 Å². The van der Waals surface area contributed by atoms with Crippen molar-refractivity contribution >= 4 is 0 Å². The van der Waals surface area contributed by atoms with Gasteiger partial charge in [-0.25, -0.2) is 0 Å². The first-order valence-electron chi connectivity index (χ1n) is 11.0. The Morgan fingerprint density at radius 3 is 2.29 bits per heavy atom. The predicted molar refractivity (Wildman–Crippen MR) is 118 cm³/mol. The molecule has 28 heavy (non-hydrogen) atoms. The minimum absolute atomic E-state index is 0.112. The van der Waals surface area contributed by atoms with Crippen LogP contribution in [0.4, 0.5) is 0 Å². The van der Waals surface area contributed by atoms with Crippen LogP contribution in [-0.4, -0.2) is 24.3 Å². The normalized spacial score (nSPS) is 12.1. The quantitative estimate of drug-likeness (QED) is 0.334. The predicted octanol–water partition coefficient (Wildman–Crippen LogP) is 6.85. The monoisotopic (exact) mass is 383 g/mol. The molecule has 0 N–H and O–H groups in total. The fourth-order valence-electron chi connectivity index (χ4n) is 3.16. The summed E-state index contributed by atoms with van der Waals surface area (Å²) in [6.45, 7) is 7.77. The van der Waals surface area contributed by atoms with E-state index in [1.54, 1.807) is 0 Å².